The molecular formula is C28H26BrN3O. The molecule has 0 fully saturated rings. The molecule has 0 bridgehead atoms. The fourth-order valence-corrected chi connectivity index (χ4v) is 5.21. The van der Waals surface area contributed by atoms with Gasteiger partial charge in [-0.15, -0.1) is 0 Å². The van der Waals surface area contributed by atoms with E-state index in [1.165, 1.54) is 5.56 Å². The van der Waals surface area contributed by atoms with Crippen LogP contribution in [0.4, 0.5) is 0 Å². The number of halogens is 1. The topological polar surface area (TPSA) is 38.1 Å². The van der Waals surface area contributed by atoms with Crippen molar-refractivity contribution in [2.24, 2.45) is 0 Å². The molecule has 0 atom stereocenters. The first kappa shape index (κ1) is 21.8. The quantitative estimate of drug-likeness (QED) is 0.363. The molecule has 1 aliphatic heterocycles. The predicted molar refractivity (Wildman–Crippen MR) is 135 cm³/mol. The Morgan fingerprint density at radius 3 is 2.24 bits per heavy atom. The third-order valence-electron chi connectivity index (χ3n) is 6.30. The Morgan fingerprint density at radius 1 is 0.939 bits per heavy atom. The molecule has 5 rings (SSSR count). The number of benzene rings is 3. The SMILES string of the molecule is Cc1nc2c(c(=O)n1C(c1ccccc1)c1ccccc1)CN(Cc1cccc(Br)c1)CC2. The summed E-state index contributed by atoms with van der Waals surface area (Å²) in [6.45, 7) is 4.28. The van der Waals surface area contributed by atoms with Gasteiger partial charge in [-0.05, 0) is 35.7 Å². The molecule has 0 saturated heterocycles. The van der Waals surface area contributed by atoms with Gasteiger partial charge in [0.15, 0.2) is 0 Å². The Hall–Kier alpha value is -3.02. The van der Waals surface area contributed by atoms with E-state index >= 15 is 0 Å². The molecule has 0 aliphatic carbocycles. The summed E-state index contributed by atoms with van der Waals surface area (Å²) in [5, 5.41) is 0. The second-order valence-corrected chi connectivity index (χ2v) is 9.49. The highest BCUT2D eigenvalue weighted by atomic mass is 79.9. The van der Waals surface area contributed by atoms with Crippen molar-refractivity contribution in [1.29, 1.82) is 0 Å². The van der Waals surface area contributed by atoms with Crippen LogP contribution in [0.25, 0.3) is 0 Å². The average molecular weight is 500 g/mol. The highest BCUT2D eigenvalue weighted by molar-refractivity contribution is 9.10. The van der Waals surface area contributed by atoms with Gasteiger partial charge in [0.2, 0.25) is 0 Å². The lowest BCUT2D eigenvalue weighted by atomic mass is 9.97. The van der Waals surface area contributed by atoms with Crippen LogP contribution in [0.2, 0.25) is 0 Å². The number of rotatable bonds is 5. The maximum atomic E-state index is 14.0. The van der Waals surface area contributed by atoms with Gasteiger partial charge in [-0.2, -0.15) is 0 Å². The van der Waals surface area contributed by atoms with Gasteiger partial charge in [0.05, 0.1) is 17.3 Å². The Balaban J connectivity index is 1.56. The van der Waals surface area contributed by atoms with Gasteiger partial charge < -0.3 is 0 Å². The Morgan fingerprint density at radius 2 is 1.61 bits per heavy atom. The molecule has 1 aliphatic rings. The number of hydrogen-bond acceptors (Lipinski definition) is 3. The van der Waals surface area contributed by atoms with Gasteiger partial charge >= 0.3 is 0 Å². The van der Waals surface area contributed by atoms with E-state index in [0.29, 0.717) is 6.54 Å². The molecule has 0 saturated carbocycles. The third kappa shape index (κ3) is 4.56. The van der Waals surface area contributed by atoms with Crippen LogP contribution >= 0.6 is 15.9 Å². The molecule has 33 heavy (non-hydrogen) atoms. The van der Waals surface area contributed by atoms with E-state index in [0.717, 1.165) is 52.2 Å². The first-order chi connectivity index (χ1) is 16.1. The van der Waals surface area contributed by atoms with Crippen molar-refractivity contribution >= 4 is 15.9 Å². The minimum Gasteiger partial charge on any atom is -0.294 e. The van der Waals surface area contributed by atoms with E-state index in [4.69, 9.17) is 4.98 Å². The molecule has 2 heterocycles. The van der Waals surface area contributed by atoms with Gasteiger partial charge in [0.1, 0.15) is 5.82 Å². The van der Waals surface area contributed by atoms with Crippen LogP contribution in [-0.4, -0.2) is 21.0 Å². The van der Waals surface area contributed by atoms with Crippen LogP contribution in [0.5, 0.6) is 0 Å². The first-order valence-electron chi connectivity index (χ1n) is 11.3. The summed E-state index contributed by atoms with van der Waals surface area (Å²) in [7, 11) is 0. The summed E-state index contributed by atoms with van der Waals surface area (Å²) in [5.41, 5.74) is 5.22. The molecule has 4 aromatic rings. The van der Waals surface area contributed by atoms with Crippen molar-refractivity contribution in [2.75, 3.05) is 6.54 Å². The molecule has 5 heteroatoms. The largest absolute Gasteiger partial charge is 0.294 e. The summed E-state index contributed by atoms with van der Waals surface area (Å²) in [4.78, 5) is 21.2. The molecule has 166 valence electrons. The number of fused-ring (bicyclic) bond motifs is 1. The third-order valence-corrected chi connectivity index (χ3v) is 6.79. The fraction of sp³-hybridized carbons (Fsp3) is 0.214. The Kier molecular flexibility index (Phi) is 6.25. The lowest BCUT2D eigenvalue weighted by Gasteiger charge is -2.30. The normalized spacial score (nSPS) is 13.8. The lowest BCUT2D eigenvalue weighted by molar-refractivity contribution is 0.240. The monoisotopic (exact) mass is 499 g/mol. The van der Waals surface area contributed by atoms with E-state index in [9.17, 15) is 4.79 Å². The molecule has 0 radical (unpaired) electrons. The zero-order valence-electron chi connectivity index (χ0n) is 18.6. The summed E-state index contributed by atoms with van der Waals surface area (Å²) >= 11 is 3.56. The Bertz CT molecular complexity index is 1280. The lowest BCUT2D eigenvalue weighted by Crippen LogP contribution is -2.40. The smallest absolute Gasteiger partial charge is 0.259 e. The van der Waals surface area contributed by atoms with Crippen molar-refractivity contribution in [2.45, 2.75) is 32.5 Å². The van der Waals surface area contributed by atoms with Gasteiger partial charge in [-0.3, -0.25) is 14.3 Å². The average Bonchev–Trinajstić information content (AvgIpc) is 2.83. The van der Waals surface area contributed by atoms with Crippen molar-refractivity contribution < 1.29 is 0 Å². The van der Waals surface area contributed by atoms with Crippen molar-refractivity contribution in [3.05, 3.63) is 134 Å². The highest BCUT2D eigenvalue weighted by Crippen LogP contribution is 2.27. The second kappa shape index (κ2) is 9.46. The number of aryl methyl sites for hydroxylation is 1. The van der Waals surface area contributed by atoms with Crippen molar-refractivity contribution in [3.63, 3.8) is 0 Å². The summed E-state index contributed by atoms with van der Waals surface area (Å²) in [5.74, 6) is 0.761. The van der Waals surface area contributed by atoms with Crippen LogP contribution in [-0.2, 0) is 19.5 Å². The van der Waals surface area contributed by atoms with Gasteiger partial charge in [0.25, 0.3) is 5.56 Å². The molecule has 0 unspecified atom stereocenters. The molecule has 0 amide bonds. The van der Waals surface area contributed by atoms with E-state index in [1.54, 1.807) is 0 Å². The zero-order valence-corrected chi connectivity index (χ0v) is 20.2. The predicted octanol–water partition coefficient (Wildman–Crippen LogP) is 5.51. The van der Waals surface area contributed by atoms with E-state index in [-0.39, 0.29) is 11.6 Å². The highest BCUT2D eigenvalue weighted by Gasteiger charge is 2.27. The van der Waals surface area contributed by atoms with Gasteiger partial charge in [-0.1, -0.05) is 88.7 Å². The molecule has 0 spiro atoms. The number of hydrogen-bond donors (Lipinski definition) is 0. The van der Waals surface area contributed by atoms with Crippen LogP contribution in [0, 0.1) is 6.92 Å². The standard InChI is InChI=1S/C28H26BrN3O/c1-20-30-26-15-16-31(18-21-9-8-14-24(29)17-21)19-25(26)28(33)32(20)27(22-10-4-2-5-11-22)23-12-6-3-7-13-23/h2-14,17,27H,15-16,18-19H2,1H3. The van der Waals surface area contributed by atoms with Crippen LogP contribution < -0.4 is 5.56 Å². The van der Waals surface area contributed by atoms with E-state index in [2.05, 4.69) is 63.3 Å². The van der Waals surface area contributed by atoms with E-state index in [1.807, 2.05) is 54.0 Å². The van der Waals surface area contributed by atoms with E-state index < -0.39 is 0 Å². The van der Waals surface area contributed by atoms with Crippen LogP contribution in [0.3, 0.4) is 0 Å². The summed E-state index contributed by atoms with van der Waals surface area (Å²) in [6.07, 6.45) is 0.793. The molecule has 4 nitrogen and oxygen atoms in total. The summed E-state index contributed by atoms with van der Waals surface area (Å²) in [6, 6.07) is 28.6. The Labute approximate surface area is 202 Å². The number of nitrogens with zero attached hydrogens (tertiary/aromatic N) is 3. The molecule has 0 N–H and O–H groups in total. The van der Waals surface area contributed by atoms with Crippen LogP contribution in [0.15, 0.2) is 94.2 Å². The first-order valence-corrected chi connectivity index (χ1v) is 12.1. The van der Waals surface area contributed by atoms with Gasteiger partial charge in [0, 0.05) is 30.5 Å². The maximum Gasteiger partial charge on any atom is 0.259 e. The van der Waals surface area contributed by atoms with Gasteiger partial charge in [-0.25, -0.2) is 4.98 Å². The fourth-order valence-electron chi connectivity index (χ4n) is 4.76. The van der Waals surface area contributed by atoms with Crippen molar-refractivity contribution in [3.8, 4) is 0 Å². The molecule has 1 aromatic heterocycles. The minimum atomic E-state index is -0.210. The molecular weight excluding hydrogens is 474 g/mol. The number of aromatic nitrogens is 2. The van der Waals surface area contributed by atoms with Crippen molar-refractivity contribution in [1.82, 2.24) is 14.5 Å². The van der Waals surface area contributed by atoms with Crippen LogP contribution in [0.1, 0.15) is 39.8 Å². The summed E-state index contributed by atoms with van der Waals surface area (Å²) < 4.78 is 2.96. The maximum absolute atomic E-state index is 14.0. The zero-order chi connectivity index (χ0) is 22.8. The second-order valence-electron chi connectivity index (χ2n) is 8.57. The molecule has 3 aromatic carbocycles. The minimum absolute atomic E-state index is 0.0640.